The van der Waals surface area contributed by atoms with Gasteiger partial charge in [0.05, 0.1) is 6.07 Å². The molecule has 1 aliphatic rings. The van der Waals surface area contributed by atoms with E-state index >= 15 is 0 Å². The molecule has 1 saturated carbocycles. The van der Waals surface area contributed by atoms with Crippen LogP contribution in [0.25, 0.3) is 0 Å². The summed E-state index contributed by atoms with van der Waals surface area (Å²) in [4.78, 5) is 11.9. The third-order valence-electron chi connectivity index (χ3n) is 3.52. The van der Waals surface area contributed by atoms with Crippen molar-refractivity contribution < 1.29 is 4.79 Å². The van der Waals surface area contributed by atoms with Gasteiger partial charge < -0.3 is 5.32 Å². The first-order valence-corrected chi connectivity index (χ1v) is 6.53. The summed E-state index contributed by atoms with van der Waals surface area (Å²) in [5, 5.41) is 11.9. The van der Waals surface area contributed by atoms with Crippen LogP contribution in [0.5, 0.6) is 0 Å². The van der Waals surface area contributed by atoms with E-state index in [1.807, 2.05) is 30.3 Å². The number of carbonyl (C=O) groups is 1. The van der Waals surface area contributed by atoms with Crippen molar-refractivity contribution in [1.29, 1.82) is 5.26 Å². The third-order valence-corrected chi connectivity index (χ3v) is 3.52. The average molecular weight is 242 g/mol. The summed E-state index contributed by atoms with van der Waals surface area (Å²) < 4.78 is 0. The SMILES string of the molecule is N#CC(NC(=O)CC1CCCC1)c1ccccc1. The first-order valence-electron chi connectivity index (χ1n) is 6.53. The maximum Gasteiger partial charge on any atom is 0.221 e. The highest BCUT2D eigenvalue weighted by Gasteiger charge is 2.20. The normalized spacial score (nSPS) is 17.1. The van der Waals surface area contributed by atoms with Crippen LogP contribution in [0, 0.1) is 17.2 Å². The van der Waals surface area contributed by atoms with E-state index in [2.05, 4.69) is 11.4 Å². The first kappa shape index (κ1) is 12.6. The Morgan fingerprint density at radius 1 is 1.33 bits per heavy atom. The molecule has 3 heteroatoms. The number of hydrogen-bond acceptors (Lipinski definition) is 2. The predicted octanol–water partition coefficient (Wildman–Crippen LogP) is 2.95. The number of rotatable bonds is 4. The van der Waals surface area contributed by atoms with Gasteiger partial charge in [-0.2, -0.15) is 5.26 Å². The van der Waals surface area contributed by atoms with Crippen LogP contribution < -0.4 is 5.32 Å². The van der Waals surface area contributed by atoms with Crippen LogP contribution in [0.4, 0.5) is 0 Å². The fourth-order valence-electron chi connectivity index (χ4n) is 2.53. The molecule has 0 radical (unpaired) electrons. The zero-order chi connectivity index (χ0) is 12.8. The lowest BCUT2D eigenvalue weighted by Gasteiger charge is -2.14. The highest BCUT2D eigenvalue weighted by atomic mass is 16.1. The maximum absolute atomic E-state index is 11.9. The highest BCUT2D eigenvalue weighted by Crippen LogP contribution is 2.27. The molecule has 1 aromatic carbocycles. The standard InChI is InChI=1S/C15H18N2O/c16-11-14(13-8-2-1-3-9-13)17-15(18)10-12-6-4-5-7-12/h1-3,8-9,12,14H,4-7,10H2,(H,17,18). The van der Waals surface area contributed by atoms with Crippen molar-refractivity contribution in [3.8, 4) is 6.07 Å². The Hall–Kier alpha value is -1.82. The quantitative estimate of drug-likeness (QED) is 0.882. The predicted molar refractivity (Wildman–Crippen MR) is 69.5 cm³/mol. The molecule has 3 nitrogen and oxygen atoms in total. The van der Waals surface area contributed by atoms with Crippen molar-refractivity contribution in [3.05, 3.63) is 35.9 Å². The summed E-state index contributed by atoms with van der Waals surface area (Å²) >= 11 is 0. The number of carbonyl (C=O) groups excluding carboxylic acids is 1. The molecule has 0 bridgehead atoms. The van der Waals surface area contributed by atoms with Gasteiger partial charge in [-0.1, -0.05) is 43.2 Å². The van der Waals surface area contributed by atoms with E-state index in [9.17, 15) is 4.79 Å². The van der Waals surface area contributed by atoms with E-state index in [0.29, 0.717) is 12.3 Å². The van der Waals surface area contributed by atoms with Crippen LogP contribution in [0.3, 0.4) is 0 Å². The molecule has 1 atom stereocenters. The van der Waals surface area contributed by atoms with Crippen molar-refractivity contribution in [3.63, 3.8) is 0 Å². The van der Waals surface area contributed by atoms with Gasteiger partial charge in [0, 0.05) is 6.42 Å². The molecule has 0 aromatic heterocycles. The van der Waals surface area contributed by atoms with Crippen LogP contribution >= 0.6 is 0 Å². The molecule has 0 aliphatic heterocycles. The van der Waals surface area contributed by atoms with Crippen molar-refractivity contribution >= 4 is 5.91 Å². The highest BCUT2D eigenvalue weighted by molar-refractivity contribution is 5.77. The fraction of sp³-hybridized carbons (Fsp3) is 0.467. The second kappa shape index (κ2) is 6.20. The zero-order valence-electron chi connectivity index (χ0n) is 10.4. The first-order chi connectivity index (χ1) is 8.79. The van der Waals surface area contributed by atoms with Gasteiger partial charge in [0.15, 0.2) is 0 Å². The Bertz CT molecular complexity index is 430. The van der Waals surface area contributed by atoms with Gasteiger partial charge in [0.25, 0.3) is 0 Å². The van der Waals surface area contributed by atoms with E-state index in [4.69, 9.17) is 5.26 Å². The molecule has 18 heavy (non-hydrogen) atoms. The number of hydrogen-bond donors (Lipinski definition) is 1. The molecule has 1 unspecified atom stereocenters. The topological polar surface area (TPSA) is 52.9 Å². The molecule has 1 amide bonds. The van der Waals surface area contributed by atoms with Gasteiger partial charge in [0.2, 0.25) is 5.91 Å². The molecule has 1 fully saturated rings. The lowest BCUT2D eigenvalue weighted by Crippen LogP contribution is -2.28. The van der Waals surface area contributed by atoms with E-state index in [1.165, 1.54) is 12.8 Å². The molecule has 1 aromatic rings. The summed E-state index contributed by atoms with van der Waals surface area (Å²) in [6.07, 6.45) is 5.33. The van der Waals surface area contributed by atoms with Gasteiger partial charge in [0.1, 0.15) is 6.04 Å². The fourth-order valence-corrected chi connectivity index (χ4v) is 2.53. The number of benzene rings is 1. The van der Waals surface area contributed by atoms with Crippen molar-refractivity contribution in [2.45, 2.75) is 38.1 Å². The maximum atomic E-state index is 11.9. The van der Waals surface area contributed by atoms with Crippen molar-refractivity contribution in [2.75, 3.05) is 0 Å². The van der Waals surface area contributed by atoms with Gasteiger partial charge in [-0.05, 0) is 24.3 Å². The molecule has 0 saturated heterocycles. The molecular formula is C15H18N2O. The summed E-state index contributed by atoms with van der Waals surface area (Å²) in [6, 6.07) is 11.0. The minimum absolute atomic E-state index is 0.00250. The molecule has 1 N–H and O–H groups in total. The number of nitriles is 1. The lowest BCUT2D eigenvalue weighted by molar-refractivity contribution is -0.122. The summed E-state index contributed by atoms with van der Waals surface area (Å²) in [5.74, 6) is 0.511. The van der Waals surface area contributed by atoms with Crippen molar-refractivity contribution in [1.82, 2.24) is 5.32 Å². The minimum Gasteiger partial charge on any atom is -0.337 e. The monoisotopic (exact) mass is 242 g/mol. The van der Waals surface area contributed by atoms with E-state index in [1.54, 1.807) is 0 Å². The minimum atomic E-state index is -0.528. The number of nitrogens with zero attached hydrogens (tertiary/aromatic N) is 1. The van der Waals surface area contributed by atoms with Gasteiger partial charge in [-0.15, -0.1) is 0 Å². The molecule has 0 heterocycles. The van der Waals surface area contributed by atoms with Crippen LogP contribution in [0.15, 0.2) is 30.3 Å². The lowest BCUT2D eigenvalue weighted by atomic mass is 10.0. The van der Waals surface area contributed by atoms with Crippen molar-refractivity contribution in [2.24, 2.45) is 5.92 Å². The zero-order valence-corrected chi connectivity index (χ0v) is 10.4. The molecule has 1 aliphatic carbocycles. The molecule has 2 rings (SSSR count). The van der Waals surface area contributed by atoms with Gasteiger partial charge >= 0.3 is 0 Å². The summed E-state index contributed by atoms with van der Waals surface area (Å²) in [7, 11) is 0. The Kier molecular flexibility index (Phi) is 4.35. The van der Waals surface area contributed by atoms with Gasteiger partial charge in [-0.3, -0.25) is 4.79 Å². The number of nitrogens with one attached hydrogen (secondary N) is 1. The smallest absolute Gasteiger partial charge is 0.221 e. The Morgan fingerprint density at radius 3 is 2.61 bits per heavy atom. The summed E-state index contributed by atoms with van der Waals surface area (Å²) in [6.45, 7) is 0. The van der Waals surface area contributed by atoms with Crippen LogP contribution in [0.1, 0.15) is 43.7 Å². The Labute approximate surface area is 108 Å². The molecular weight excluding hydrogens is 224 g/mol. The second-order valence-corrected chi connectivity index (χ2v) is 4.89. The van der Waals surface area contributed by atoms with E-state index in [0.717, 1.165) is 18.4 Å². The van der Waals surface area contributed by atoms with Gasteiger partial charge in [-0.25, -0.2) is 0 Å². The molecule has 0 spiro atoms. The molecule has 94 valence electrons. The van der Waals surface area contributed by atoms with Crippen LogP contribution in [-0.2, 0) is 4.79 Å². The summed E-state index contributed by atoms with van der Waals surface area (Å²) in [5.41, 5.74) is 0.847. The number of amides is 1. The van der Waals surface area contributed by atoms with Crippen LogP contribution in [0.2, 0.25) is 0 Å². The van der Waals surface area contributed by atoms with Crippen LogP contribution in [-0.4, -0.2) is 5.91 Å². The van der Waals surface area contributed by atoms with E-state index in [-0.39, 0.29) is 5.91 Å². The Morgan fingerprint density at radius 2 is 2.00 bits per heavy atom. The second-order valence-electron chi connectivity index (χ2n) is 4.89. The largest absolute Gasteiger partial charge is 0.337 e. The Balaban J connectivity index is 1.90. The van der Waals surface area contributed by atoms with E-state index < -0.39 is 6.04 Å². The average Bonchev–Trinajstić information content (AvgIpc) is 2.90. The third kappa shape index (κ3) is 3.33.